The molecule has 1 rings (SSSR count). The lowest BCUT2D eigenvalue weighted by molar-refractivity contribution is 0.147. The molecule has 0 aliphatic rings. The van der Waals surface area contributed by atoms with Crippen molar-refractivity contribution in [3.05, 3.63) is 48.6 Å². The van der Waals surface area contributed by atoms with E-state index in [-0.39, 0.29) is 6.04 Å². The van der Waals surface area contributed by atoms with Gasteiger partial charge in [0, 0.05) is 0 Å². The van der Waals surface area contributed by atoms with Crippen LogP contribution in [0.4, 0.5) is 0 Å². The third-order valence-corrected chi connectivity index (χ3v) is 1.76. The lowest BCUT2D eigenvalue weighted by Crippen LogP contribution is -2.16. The number of ether oxygens (including phenoxy) is 1. The fourth-order valence-corrected chi connectivity index (χ4v) is 1.07. The molecule has 0 amide bonds. The minimum Gasteiger partial charge on any atom is -0.375 e. The summed E-state index contributed by atoms with van der Waals surface area (Å²) in [6.07, 6.45) is 1.72. The van der Waals surface area contributed by atoms with E-state index in [4.69, 9.17) is 10.5 Å². The Kier molecular flexibility index (Phi) is 4.23. The number of benzene rings is 1. The van der Waals surface area contributed by atoms with Crippen molar-refractivity contribution in [1.29, 1.82) is 0 Å². The number of rotatable bonds is 5. The van der Waals surface area contributed by atoms with E-state index in [0.29, 0.717) is 13.2 Å². The molecule has 1 atom stereocenters. The summed E-state index contributed by atoms with van der Waals surface area (Å²) >= 11 is 0. The van der Waals surface area contributed by atoms with Gasteiger partial charge in [-0.1, -0.05) is 36.4 Å². The van der Waals surface area contributed by atoms with Crippen LogP contribution in [0.1, 0.15) is 11.6 Å². The average Bonchev–Trinajstić information content (AvgIpc) is 2.19. The van der Waals surface area contributed by atoms with Crippen LogP contribution in [0.15, 0.2) is 43.0 Å². The average molecular weight is 177 g/mol. The summed E-state index contributed by atoms with van der Waals surface area (Å²) in [5.74, 6) is 0. The highest BCUT2D eigenvalue weighted by atomic mass is 16.5. The maximum atomic E-state index is 5.88. The highest BCUT2D eigenvalue weighted by Gasteiger charge is 2.03. The van der Waals surface area contributed by atoms with Gasteiger partial charge >= 0.3 is 0 Å². The van der Waals surface area contributed by atoms with Crippen LogP contribution in [0.2, 0.25) is 0 Å². The summed E-state index contributed by atoms with van der Waals surface area (Å²) < 4.78 is 5.26. The zero-order valence-electron chi connectivity index (χ0n) is 7.65. The van der Waals surface area contributed by atoms with Gasteiger partial charge in [-0.3, -0.25) is 0 Å². The quantitative estimate of drug-likeness (QED) is 0.550. The standard InChI is InChI=1S/C11H15NO/c1-2-8-13-9-11(12)10-6-4-3-5-7-10/h2-7,11H,1,8-9,12H2/t11-/m0/s1. The van der Waals surface area contributed by atoms with Crippen LogP contribution in [0.5, 0.6) is 0 Å². The highest BCUT2D eigenvalue weighted by molar-refractivity contribution is 5.18. The van der Waals surface area contributed by atoms with Crippen molar-refractivity contribution < 1.29 is 4.74 Å². The second-order valence-electron chi connectivity index (χ2n) is 2.84. The van der Waals surface area contributed by atoms with Crippen LogP contribution in [0.25, 0.3) is 0 Å². The van der Waals surface area contributed by atoms with Crippen molar-refractivity contribution in [2.75, 3.05) is 13.2 Å². The summed E-state index contributed by atoms with van der Waals surface area (Å²) in [5.41, 5.74) is 6.98. The van der Waals surface area contributed by atoms with Crippen molar-refractivity contribution in [3.8, 4) is 0 Å². The van der Waals surface area contributed by atoms with E-state index < -0.39 is 0 Å². The first-order chi connectivity index (χ1) is 6.34. The van der Waals surface area contributed by atoms with Crippen molar-refractivity contribution in [2.45, 2.75) is 6.04 Å². The molecule has 0 fully saturated rings. The Hall–Kier alpha value is -1.12. The molecule has 0 aromatic heterocycles. The van der Waals surface area contributed by atoms with Gasteiger partial charge in [0.15, 0.2) is 0 Å². The number of nitrogens with two attached hydrogens (primary N) is 1. The molecule has 13 heavy (non-hydrogen) atoms. The number of hydrogen-bond acceptors (Lipinski definition) is 2. The fourth-order valence-electron chi connectivity index (χ4n) is 1.07. The minimum absolute atomic E-state index is 0.0406. The first-order valence-corrected chi connectivity index (χ1v) is 4.33. The van der Waals surface area contributed by atoms with Gasteiger partial charge in [0.05, 0.1) is 19.3 Å². The molecule has 0 saturated heterocycles. The maximum absolute atomic E-state index is 5.88. The largest absolute Gasteiger partial charge is 0.375 e. The molecular weight excluding hydrogens is 162 g/mol. The van der Waals surface area contributed by atoms with Gasteiger partial charge in [-0.05, 0) is 5.56 Å². The fraction of sp³-hybridized carbons (Fsp3) is 0.273. The molecule has 0 bridgehead atoms. The summed E-state index contributed by atoms with van der Waals surface area (Å²) in [7, 11) is 0. The van der Waals surface area contributed by atoms with Crippen LogP contribution in [-0.4, -0.2) is 13.2 Å². The summed E-state index contributed by atoms with van der Waals surface area (Å²) in [4.78, 5) is 0. The van der Waals surface area contributed by atoms with Crippen LogP contribution in [-0.2, 0) is 4.74 Å². The zero-order chi connectivity index (χ0) is 9.52. The normalized spacial score (nSPS) is 12.4. The number of hydrogen-bond donors (Lipinski definition) is 1. The van der Waals surface area contributed by atoms with Gasteiger partial charge in [-0.15, -0.1) is 6.58 Å². The molecule has 1 aromatic rings. The SMILES string of the molecule is C=CCOC[C@H](N)c1ccccc1. The zero-order valence-corrected chi connectivity index (χ0v) is 7.65. The Morgan fingerprint density at radius 1 is 1.38 bits per heavy atom. The molecule has 0 unspecified atom stereocenters. The molecule has 0 heterocycles. The Morgan fingerprint density at radius 2 is 2.08 bits per heavy atom. The van der Waals surface area contributed by atoms with E-state index in [2.05, 4.69) is 6.58 Å². The molecule has 2 nitrogen and oxygen atoms in total. The van der Waals surface area contributed by atoms with Gasteiger partial charge in [-0.25, -0.2) is 0 Å². The smallest absolute Gasteiger partial charge is 0.0663 e. The van der Waals surface area contributed by atoms with Crippen LogP contribution < -0.4 is 5.73 Å². The van der Waals surface area contributed by atoms with E-state index in [1.165, 1.54) is 0 Å². The predicted molar refractivity (Wildman–Crippen MR) is 54.4 cm³/mol. The highest BCUT2D eigenvalue weighted by Crippen LogP contribution is 2.09. The van der Waals surface area contributed by atoms with E-state index in [1.54, 1.807) is 6.08 Å². The molecule has 0 radical (unpaired) electrons. The van der Waals surface area contributed by atoms with Crippen molar-refractivity contribution >= 4 is 0 Å². The molecular formula is C11H15NO. The Morgan fingerprint density at radius 3 is 2.69 bits per heavy atom. The second kappa shape index (κ2) is 5.51. The van der Waals surface area contributed by atoms with Crippen LogP contribution >= 0.6 is 0 Å². The molecule has 0 aliphatic heterocycles. The summed E-state index contributed by atoms with van der Waals surface area (Å²) in [5, 5.41) is 0. The Bertz CT molecular complexity index is 246. The van der Waals surface area contributed by atoms with Crippen molar-refractivity contribution in [3.63, 3.8) is 0 Å². The van der Waals surface area contributed by atoms with Gasteiger partial charge in [0.1, 0.15) is 0 Å². The lowest BCUT2D eigenvalue weighted by Gasteiger charge is -2.11. The van der Waals surface area contributed by atoms with E-state index >= 15 is 0 Å². The Balaban J connectivity index is 2.39. The third kappa shape index (κ3) is 3.40. The van der Waals surface area contributed by atoms with E-state index in [1.807, 2.05) is 30.3 Å². The van der Waals surface area contributed by atoms with Gasteiger partial charge in [0.2, 0.25) is 0 Å². The van der Waals surface area contributed by atoms with Gasteiger partial charge in [-0.2, -0.15) is 0 Å². The van der Waals surface area contributed by atoms with Crippen molar-refractivity contribution in [2.24, 2.45) is 5.73 Å². The molecule has 2 heteroatoms. The topological polar surface area (TPSA) is 35.2 Å². The second-order valence-corrected chi connectivity index (χ2v) is 2.84. The predicted octanol–water partition coefficient (Wildman–Crippen LogP) is 1.89. The Labute approximate surface area is 79.0 Å². The summed E-state index contributed by atoms with van der Waals surface area (Å²) in [6.45, 7) is 4.66. The molecule has 0 aliphatic carbocycles. The van der Waals surface area contributed by atoms with E-state index in [9.17, 15) is 0 Å². The van der Waals surface area contributed by atoms with Crippen LogP contribution in [0.3, 0.4) is 0 Å². The molecule has 2 N–H and O–H groups in total. The van der Waals surface area contributed by atoms with Gasteiger partial charge in [0.25, 0.3) is 0 Å². The maximum Gasteiger partial charge on any atom is 0.0663 e. The first-order valence-electron chi connectivity index (χ1n) is 4.33. The monoisotopic (exact) mass is 177 g/mol. The van der Waals surface area contributed by atoms with E-state index in [0.717, 1.165) is 5.56 Å². The molecule has 0 spiro atoms. The van der Waals surface area contributed by atoms with Gasteiger partial charge < -0.3 is 10.5 Å². The molecule has 0 saturated carbocycles. The summed E-state index contributed by atoms with van der Waals surface area (Å²) in [6, 6.07) is 9.89. The molecule has 1 aromatic carbocycles. The van der Waals surface area contributed by atoms with Crippen LogP contribution in [0, 0.1) is 0 Å². The minimum atomic E-state index is -0.0406. The first kappa shape index (κ1) is 9.96. The third-order valence-electron chi connectivity index (χ3n) is 1.76. The molecule has 70 valence electrons. The lowest BCUT2D eigenvalue weighted by atomic mass is 10.1. The van der Waals surface area contributed by atoms with Crippen molar-refractivity contribution in [1.82, 2.24) is 0 Å².